The molecule has 0 aromatic carbocycles. The molecule has 1 fully saturated rings. The summed E-state index contributed by atoms with van der Waals surface area (Å²) in [4.78, 5) is 44.1. The second-order valence-corrected chi connectivity index (χ2v) is 7.14. The number of hydrogen-bond donors (Lipinski definition) is 1. The Morgan fingerprint density at radius 3 is 2.92 bits per heavy atom. The summed E-state index contributed by atoms with van der Waals surface area (Å²) < 4.78 is 1.50. The van der Waals surface area contributed by atoms with E-state index in [1.807, 2.05) is 13.8 Å². The summed E-state index contributed by atoms with van der Waals surface area (Å²) >= 11 is 1.51. The lowest BCUT2D eigenvalue weighted by molar-refractivity contribution is -0.131. The van der Waals surface area contributed by atoms with Gasteiger partial charge in [-0.25, -0.2) is 4.98 Å². The molecular formula is C16H20N4O3S. The molecule has 0 atom stereocenters. The summed E-state index contributed by atoms with van der Waals surface area (Å²) in [6.07, 6.45) is 2.07. The van der Waals surface area contributed by atoms with Crippen molar-refractivity contribution in [2.24, 2.45) is 0 Å². The maximum absolute atomic E-state index is 12.6. The van der Waals surface area contributed by atoms with Crippen molar-refractivity contribution >= 4 is 33.4 Å². The summed E-state index contributed by atoms with van der Waals surface area (Å²) in [7, 11) is 0. The first-order valence-corrected chi connectivity index (χ1v) is 8.78. The third-order valence-electron chi connectivity index (χ3n) is 4.39. The van der Waals surface area contributed by atoms with E-state index in [0.29, 0.717) is 38.0 Å². The molecule has 1 saturated heterocycles. The number of aryl methyl sites for hydroxylation is 3. The zero-order chi connectivity index (χ0) is 17.3. The highest BCUT2D eigenvalue weighted by Gasteiger charge is 2.19. The van der Waals surface area contributed by atoms with Gasteiger partial charge in [-0.1, -0.05) is 0 Å². The van der Waals surface area contributed by atoms with Crippen molar-refractivity contribution in [3.63, 3.8) is 0 Å². The van der Waals surface area contributed by atoms with Crippen molar-refractivity contribution < 1.29 is 9.59 Å². The Morgan fingerprint density at radius 2 is 2.12 bits per heavy atom. The van der Waals surface area contributed by atoms with Crippen LogP contribution in [0, 0.1) is 13.8 Å². The second-order valence-electron chi connectivity index (χ2n) is 5.94. The maximum atomic E-state index is 12.6. The average molecular weight is 348 g/mol. The van der Waals surface area contributed by atoms with Gasteiger partial charge in [0.25, 0.3) is 5.56 Å². The van der Waals surface area contributed by atoms with E-state index in [1.165, 1.54) is 22.2 Å². The molecule has 8 heteroatoms. The maximum Gasteiger partial charge on any atom is 0.262 e. The SMILES string of the molecule is Cc1sc2ncn(CCC(=O)N3CCNC(=O)CC3)c(=O)c2c1C. The van der Waals surface area contributed by atoms with Crippen LogP contribution in [0.3, 0.4) is 0 Å². The van der Waals surface area contributed by atoms with Crippen molar-refractivity contribution in [1.82, 2.24) is 19.8 Å². The molecule has 1 N–H and O–H groups in total. The fourth-order valence-electron chi connectivity index (χ4n) is 2.82. The Morgan fingerprint density at radius 1 is 1.33 bits per heavy atom. The molecule has 2 aromatic heterocycles. The van der Waals surface area contributed by atoms with Crippen LogP contribution in [0.25, 0.3) is 10.2 Å². The number of thiophene rings is 1. The molecule has 0 unspecified atom stereocenters. The number of nitrogens with zero attached hydrogens (tertiary/aromatic N) is 3. The molecule has 3 heterocycles. The summed E-state index contributed by atoms with van der Waals surface area (Å²) in [6.45, 7) is 5.62. The Bertz CT molecular complexity index is 855. The van der Waals surface area contributed by atoms with Crippen LogP contribution in [0.4, 0.5) is 0 Å². The van der Waals surface area contributed by atoms with Crippen LogP contribution in [0.15, 0.2) is 11.1 Å². The quantitative estimate of drug-likeness (QED) is 0.890. The third-order valence-corrected chi connectivity index (χ3v) is 5.50. The summed E-state index contributed by atoms with van der Waals surface area (Å²) in [6, 6.07) is 0. The van der Waals surface area contributed by atoms with Gasteiger partial charge in [-0.05, 0) is 19.4 Å². The van der Waals surface area contributed by atoms with Crippen LogP contribution < -0.4 is 10.9 Å². The van der Waals surface area contributed by atoms with Gasteiger partial charge < -0.3 is 10.2 Å². The van der Waals surface area contributed by atoms with Crippen LogP contribution in [0.2, 0.25) is 0 Å². The van der Waals surface area contributed by atoms with Gasteiger partial charge in [0.05, 0.1) is 11.7 Å². The molecule has 1 aliphatic heterocycles. The molecule has 2 aromatic rings. The van der Waals surface area contributed by atoms with Gasteiger partial charge in [-0.3, -0.25) is 19.0 Å². The first kappa shape index (κ1) is 16.6. The molecule has 0 aliphatic carbocycles. The number of nitrogens with one attached hydrogen (secondary N) is 1. The predicted octanol–water partition coefficient (Wildman–Crippen LogP) is 0.813. The summed E-state index contributed by atoms with van der Waals surface area (Å²) in [5.41, 5.74) is 0.868. The van der Waals surface area contributed by atoms with Crippen LogP contribution in [0.5, 0.6) is 0 Å². The zero-order valence-corrected chi connectivity index (χ0v) is 14.6. The Labute approximate surface area is 143 Å². The molecule has 0 saturated carbocycles. The van der Waals surface area contributed by atoms with E-state index in [0.717, 1.165) is 15.3 Å². The minimum absolute atomic E-state index is 0.0283. The lowest BCUT2D eigenvalue weighted by atomic mass is 10.2. The number of amides is 2. The lowest BCUT2D eigenvalue weighted by Crippen LogP contribution is -2.35. The number of fused-ring (bicyclic) bond motifs is 1. The first-order chi connectivity index (χ1) is 11.5. The Kier molecular flexibility index (Phi) is 4.66. The smallest absolute Gasteiger partial charge is 0.262 e. The fraction of sp³-hybridized carbons (Fsp3) is 0.500. The zero-order valence-electron chi connectivity index (χ0n) is 13.8. The van der Waals surface area contributed by atoms with Crippen molar-refractivity contribution in [1.29, 1.82) is 0 Å². The van der Waals surface area contributed by atoms with Crippen LogP contribution in [-0.4, -0.2) is 45.9 Å². The van der Waals surface area contributed by atoms with E-state index in [1.54, 1.807) is 4.90 Å². The molecule has 0 spiro atoms. The van der Waals surface area contributed by atoms with Crippen LogP contribution in [0.1, 0.15) is 23.3 Å². The molecule has 0 bridgehead atoms. The van der Waals surface area contributed by atoms with E-state index in [-0.39, 0.29) is 23.8 Å². The van der Waals surface area contributed by atoms with E-state index in [9.17, 15) is 14.4 Å². The van der Waals surface area contributed by atoms with Gasteiger partial charge in [-0.2, -0.15) is 0 Å². The highest BCUT2D eigenvalue weighted by atomic mass is 32.1. The molecule has 128 valence electrons. The van der Waals surface area contributed by atoms with E-state index in [4.69, 9.17) is 0 Å². The van der Waals surface area contributed by atoms with Crippen LogP contribution in [-0.2, 0) is 16.1 Å². The summed E-state index contributed by atoms with van der Waals surface area (Å²) in [5, 5.41) is 3.39. The Balaban J connectivity index is 1.72. The molecular weight excluding hydrogens is 328 g/mol. The van der Waals surface area contributed by atoms with E-state index >= 15 is 0 Å². The number of carbonyl (C=O) groups is 2. The molecule has 1 aliphatic rings. The van der Waals surface area contributed by atoms with Gasteiger partial charge in [0.15, 0.2) is 0 Å². The highest BCUT2D eigenvalue weighted by molar-refractivity contribution is 7.18. The number of rotatable bonds is 3. The molecule has 7 nitrogen and oxygen atoms in total. The van der Waals surface area contributed by atoms with Gasteiger partial charge in [0, 0.05) is 43.9 Å². The number of carbonyl (C=O) groups excluding carboxylic acids is 2. The predicted molar refractivity (Wildman–Crippen MR) is 92.2 cm³/mol. The molecule has 2 amide bonds. The highest BCUT2D eigenvalue weighted by Crippen LogP contribution is 2.25. The normalized spacial score (nSPS) is 15.4. The molecule has 3 rings (SSSR count). The third kappa shape index (κ3) is 3.19. The number of aromatic nitrogens is 2. The summed E-state index contributed by atoms with van der Waals surface area (Å²) in [5.74, 6) is -0.0730. The minimum Gasteiger partial charge on any atom is -0.354 e. The Hall–Kier alpha value is -2.22. The van der Waals surface area contributed by atoms with Crippen molar-refractivity contribution in [3.05, 3.63) is 27.1 Å². The standard InChI is InChI=1S/C16H20N4O3S/c1-10-11(2)24-15-14(10)16(23)20(9-18-15)7-4-13(22)19-6-3-12(21)17-5-8-19/h9H,3-8H2,1-2H3,(H,17,21). The van der Waals surface area contributed by atoms with Gasteiger partial charge >= 0.3 is 0 Å². The average Bonchev–Trinajstić information content (AvgIpc) is 2.72. The number of hydrogen-bond acceptors (Lipinski definition) is 5. The fourth-order valence-corrected chi connectivity index (χ4v) is 3.81. The monoisotopic (exact) mass is 348 g/mol. The second kappa shape index (κ2) is 6.72. The minimum atomic E-state index is -0.0950. The topological polar surface area (TPSA) is 84.3 Å². The largest absolute Gasteiger partial charge is 0.354 e. The van der Waals surface area contributed by atoms with Crippen LogP contribution >= 0.6 is 11.3 Å². The molecule has 0 radical (unpaired) electrons. The van der Waals surface area contributed by atoms with E-state index in [2.05, 4.69) is 10.3 Å². The van der Waals surface area contributed by atoms with Crippen molar-refractivity contribution in [2.75, 3.05) is 19.6 Å². The molecule has 24 heavy (non-hydrogen) atoms. The van der Waals surface area contributed by atoms with E-state index < -0.39 is 0 Å². The van der Waals surface area contributed by atoms with Gasteiger partial charge in [0.1, 0.15) is 4.83 Å². The van der Waals surface area contributed by atoms with Crippen molar-refractivity contribution in [3.8, 4) is 0 Å². The van der Waals surface area contributed by atoms with Gasteiger partial charge in [0.2, 0.25) is 11.8 Å². The first-order valence-electron chi connectivity index (χ1n) is 7.97. The van der Waals surface area contributed by atoms with Crippen molar-refractivity contribution in [2.45, 2.75) is 33.2 Å². The lowest BCUT2D eigenvalue weighted by Gasteiger charge is -2.19. The van der Waals surface area contributed by atoms with Gasteiger partial charge in [-0.15, -0.1) is 11.3 Å².